The number of hydrogen-bond acceptors (Lipinski definition) is 2. The first-order chi connectivity index (χ1) is 11.2. The van der Waals surface area contributed by atoms with Crippen molar-refractivity contribution in [1.29, 1.82) is 0 Å². The number of amides is 1. The number of carbonyl (C=O) groups excluding carboxylic acids is 1. The van der Waals surface area contributed by atoms with Gasteiger partial charge in [0, 0.05) is 12.1 Å². The van der Waals surface area contributed by atoms with Gasteiger partial charge in [0.2, 0.25) is 0 Å². The summed E-state index contributed by atoms with van der Waals surface area (Å²) in [4.78, 5) is 11.9. The molecule has 23 heavy (non-hydrogen) atoms. The third-order valence-corrected chi connectivity index (χ3v) is 3.50. The predicted molar refractivity (Wildman–Crippen MR) is 89.3 cm³/mol. The lowest BCUT2D eigenvalue weighted by Crippen LogP contribution is -2.25. The summed E-state index contributed by atoms with van der Waals surface area (Å²) in [5.74, 6) is 0.338. The normalized spacial score (nSPS) is 10.3. The van der Waals surface area contributed by atoms with Crippen molar-refractivity contribution in [1.82, 2.24) is 5.32 Å². The molecule has 0 bridgehead atoms. The van der Waals surface area contributed by atoms with E-state index < -0.39 is 0 Å². The lowest BCUT2D eigenvalue weighted by Gasteiger charge is -2.08. The second-order valence-corrected chi connectivity index (χ2v) is 5.36. The van der Waals surface area contributed by atoms with Crippen LogP contribution in [0.2, 0.25) is 0 Å². The highest BCUT2D eigenvalue weighted by Gasteiger charge is 2.04. The molecule has 2 rings (SSSR count). The van der Waals surface area contributed by atoms with Crippen LogP contribution in [-0.4, -0.2) is 19.1 Å². The van der Waals surface area contributed by atoms with Crippen LogP contribution in [0, 0.1) is 5.82 Å². The summed E-state index contributed by atoms with van der Waals surface area (Å²) in [6, 6.07) is 13.4. The molecule has 1 amide bonds. The first-order valence-electron chi connectivity index (χ1n) is 7.94. The van der Waals surface area contributed by atoms with Crippen LogP contribution in [0.25, 0.3) is 0 Å². The predicted octanol–water partition coefficient (Wildman–Crippen LogP) is 3.98. The van der Waals surface area contributed by atoms with Crippen molar-refractivity contribution < 1.29 is 13.9 Å². The fourth-order valence-electron chi connectivity index (χ4n) is 2.11. The molecule has 0 heterocycles. The standard InChI is InChI=1S/C19H22FNO2/c1-2-3-14-23-18-10-4-15(5-11-18)12-13-21-19(22)16-6-8-17(20)9-7-16/h4-11H,2-3,12-14H2,1H3,(H,21,22). The maximum atomic E-state index is 12.8. The Balaban J connectivity index is 1.75. The van der Waals surface area contributed by atoms with Gasteiger partial charge in [0.1, 0.15) is 11.6 Å². The summed E-state index contributed by atoms with van der Waals surface area (Å²) in [5, 5.41) is 2.83. The maximum absolute atomic E-state index is 12.8. The Morgan fingerprint density at radius 1 is 1.09 bits per heavy atom. The van der Waals surface area contributed by atoms with Gasteiger partial charge in [-0.25, -0.2) is 4.39 Å². The fourth-order valence-corrected chi connectivity index (χ4v) is 2.11. The number of halogens is 1. The zero-order chi connectivity index (χ0) is 16.5. The van der Waals surface area contributed by atoms with Crippen molar-refractivity contribution in [3.05, 3.63) is 65.5 Å². The van der Waals surface area contributed by atoms with Crippen LogP contribution in [0.15, 0.2) is 48.5 Å². The van der Waals surface area contributed by atoms with Crippen molar-refractivity contribution in [3.8, 4) is 5.75 Å². The highest BCUT2D eigenvalue weighted by Crippen LogP contribution is 2.13. The molecule has 0 radical (unpaired) electrons. The molecular formula is C19H22FNO2. The van der Waals surface area contributed by atoms with Gasteiger partial charge in [0.05, 0.1) is 6.61 Å². The van der Waals surface area contributed by atoms with Gasteiger partial charge in [0.15, 0.2) is 0 Å². The molecule has 0 saturated heterocycles. The minimum absolute atomic E-state index is 0.190. The van der Waals surface area contributed by atoms with Crippen LogP contribution < -0.4 is 10.1 Å². The molecular weight excluding hydrogens is 293 g/mol. The van der Waals surface area contributed by atoms with Gasteiger partial charge in [-0.1, -0.05) is 25.5 Å². The molecule has 0 spiro atoms. The van der Waals surface area contributed by atoms with Crippen molar-refractivity contribution in [3.63, 3.8) is 0 Å². The van der Waals surface area contributed by atoms with Gasteiger partial charge in [-0.2, -0.15) is 0 Å². The topological polar surface area (TPSA) is 38.3 Å². The largest absolute Gasteiger partial charge is 0.494 e. The first-order valence-corrected chi connectivity index (χ1v) is 7.94. The molecule has 2 aromatic carbocycles. The number of unbranched alkanes of at least 4 members (excludes halogenated alkanes) is 1. The molecule has 0 aliphatic rings. The van der Waals surface area contributed by atoms with Gasteiger partial charge < -0.3 is 10.1 Å². The molecule has 0 unspecified atom stereocenters. The molecule has 1 N–H and O–H groups in total. The highest BCUT2D eigenvalue weighted by atomic mass is 19.1. The molecule has 3 nitrogen and oxygen atoms in total. The molecule has 4 heteroatoms. The van der Waals surface area contributed by atoms with Gasteiger partial charge in [-0.15, -0.1) is 0 Å². The van der Waals surface area contributed by atoms with E-state index in [-0.39, 0.29) is 11.7 Å². The number of carbonyl (C=O) groups is 1. The molecule has 0 atom stereocenters. The van der Waals surface area contributed by atoms with Crippen LogP contribution in [-0.2, 0) is 6.42 Å². The van der Waals surface area contributed by atoms with E-state index in [0.29, 0.717) is 12.1 Å². The van der Waals surface area contributed by atoms with E-state index in [1.165, 1.54) is 24.3 Å². The quantitative estimate of drug-likeness (QED) is 0.748. The van der Waals surface area contributed by atoms with Crippen LogP contribution in [0.5, 0.6) is 5.75 Å². The number of benzene rings is 2. The van der Waals surface area contributed by atoms with Gasteiger partial charge >= 0.3 is 0 Å². The Bertz CT molecular complexity index is 608. The molecule has 2 aromatic rings. The lowest BCUT2D eigenvalue weighted by molar-refractivity contribution is 0.0954. The minimum Gasteiger partial charge on any atom is -0.494 e. The Labute approximate surface area is 136 Å². The van der Waals surface area contributed by atoms with Crippen LogP contribution in [0.1, 0.15) is 35.7 Å². The van der Waals surface area contributed by atoms with Gasteiger partial charge in [-0.05, 0) is 54.8 Å². The number of ether oxygens (including phenoxy) is 1. The van der Waals surface area contributed by atoms with Crippen LogP contribution in [0.3, 0.4) is 0 Å². The lowest BCUT2D eigenvalue weighted by atomic mass is 10.1. The molecule has 0 saturated carbocycles. The number of nitrogens with one attached hydrogen (secondary N) is 1. The summed E-state index contributed by atoms with van der Waals surface area (Å²) in [6.07, 6.45) is 2.91. The Hall–Kier alpha value is -2.36. The molecule has 122 valence electrons. The summed E-state index contributed by atoms with van der Waals surface area (Å²) >= 11 is 0. The number of hydrogen-bond donors (Lipinski definition) is 1. The molecule has 0 fully saturated rings. The van der Waals surface area contributed by atoms with E-state index in [9.17, 15) is 9.18 Å². The smallest absolute Gasteiger partial charge is 0.251 e. The minimum atomic E-state index is -0.345. The fraction of sp³-hybridized carbons (Fsp3) is 0.316. The van der Waals surface area contributed by atoms with Crippen molar-refractivity contribution in [2.24, 2.45) is 0 Å². The Kier molecular flexibility index (Phi) is 6.60. The zero-order valence-electron chi connectivity index (χ0n) is 13.3. The average molecular weight is 315 g/mol. The third kappa shape index (κ3) is 5.74. The monoisotopic (exact) mass is 315 g/mol. The van der Waals surface area contributed by atoms with E-state index in [1.807, 2.05) is 24.3 Å². The summed E-state index contributed by atoms with van der Waals surface area (Å²) in [7, 11) is 0. The van der Waals surface area contributed by atoms with Crippen molar-refractivity contribution in [2.75, 3.05) is 13.2 Å². The zero-order valence-corrected chi connectivity index (χ0v) is 13.3. The average Bonchev–Trinajstić information content (AvgIpc) is 2.57. The van der Waals surface area contributed by atoms with Crippen molar-refractivity contribution >= 4 is 5.91 Å². The van der Waals surface area contributed by atoms with E-state index >= 15 is 0 Å². The Morgan fingerprint density at radius 2 is 1.78 bits per heavy atom. The van der Waals surface area contributed by atoms with E-state index in [1.54, 1.807) is 0 Å². The maximum Gasteiger partial charge on any atom is 0.251 e. The third-order valence-electron chi connectivity index (χ3n) is 3.50. The number of rotatable bonds is 8. The molecule has 0 aliphatic carbocycles. The van der Waals surface area contributed by atoms with Crippen LogP contribution in [0.4, 0.5) is 4.39 Å². The van der Waals surface area contributed by atoms with Gasteiger partial charge in [0.25, 0.3) is 5.91 Å². The second-order valence-electron chi connectivity index (χ2n) is 5.36. The first kappa shape index (κ1) is 17.0. The molecule has 0 aromatic heterocycles. The SMILES string of the molecule is CCCCOc1ccc(CCNC(=O)c2ccc(F)cc2)cc1. The van der Waals surface area contributed by atoms with E-state index in [4.69, 9.17) is 4.74 Å². The highest BCUT2D eigenvalue weighted by molar-refractivity contribution is 5.94. The summed E-state index contributed by atoms with van der Waals surface area (Å²) in [5.41, 5.74) is 1.60. The van der Waals surface area contributed by atoms with E-state index in [2.05, 4.69) is 12.2 Å². The van der Waals surface area contributed by atoms with Crippen LogP contribution >= 0.6 is 0 Å². The van der Waals surface area contributed by atoms with E-state index in [0.717, 1.165) is 37.2 Å². The molecule has 0 aliphatic heterocycles. The van der Waals surface area contributed by atoms with Crippen molar-refractivity contribution in [2.45, 2.75) is 26.2 Å². The second kappa shape index (κ2) is 8.93. The summed E-state index contributed by atoms with van der Waals surface area (Å²) in [6.45, 7) is 3.41. The Morgan fingerprint density at radius 3 is 2.43 bits per heavy atom. The summed E-state index contributed by atoms with van der Waals surface area (Å²) < 4.78 is 18.4. The van der Waals surface area contributed by atoms with Gasteiger partial charge in [-0.3, -0.25) is 4.79 Å².